The van der Waals surface area contributed by atoms with Gasteiger partial charge in [0.05, 0.1) is 5.69 Å². The van der Waals surface area contributed by atoms with Crippen molar-refractivity contribution in [2.45, 2.75) is 0 Å². The molecule has 2 aromatic carbocycles. The third kappa shape index (κ3) is 5.27. The minimum atomic E-state index is 0. The third-order valence-corrected chi connectivity index (χ3v) is 5.89. The maximum absolute atomic E-state index is 4.41. The smallest absolute Gasteiger partial charge is 0.0620 e. The van der Waals surface area contributed by atoms with Crippen molar-refractivity contribution in [2.24, 2.45) is 0 Å². The molecule has 0 spiro atoms. The van der Waals surface area contributed by atoms with Crippen LogP contribution in [0.15, 0.2) is 72.9 Å². The summed E-state index contributed by atoms with van der Waals surface area (Å²) in [6.07, 6.45) is 1.75. The molecule has 0 aliphatic carbocycles. The Bertz CT molecular complexity index is 886. The van der Waals surface area contributed by atoms with Crippen LogP contribution in [0.3, 0.4) is 0 Å². The fraction of sp³-hybridized carbons (Fsp3) is 0.100. The van der Waals surface area contributed by atoms with Crippen LogP contribution in [-0.2, 0) is 19.5 Å². The van der Waals surface area contributed by atoms with E-state index in [0.717, 1.165) is 33.9 Å². The molecule has 2 aromatic heterocycles. The molecule has 0 amide bonds. The number of rotatable bonds is 3. The first kappa shape index (κ1) is 20.9. The van der Waals surface area contributed by atoms with E-state index in [0.29, 0.717) is 5.82 Å². The predicted octanol–water partition coefficient (Wildman–Crippen LogP) is 3.81. The zero-order chi connectivity index (χ0) is 17.5. The Kier molecular flexibility index (Phi) is 8.53. The zero-order valence-electron chi connectivity index (χ0n) is 14.6. The summed E-state index contributed by atoms with van der Waals surface area (Å²) in [5.74, 6) is 0.691. The van der Waals surface area contributed by atoms with Crippen molar-refractivity contribution in [1.29, 1.82) is 0 Å². The third-order valence-electron chi connectivity index (χ3n) is 3.69. The van der Waals surface area contributed by atoms with Crippen LogP contribution in [0.1, 0.15) is 0 Å². The van der Waals surface area contributed by atoms with Gasteiger partial charge in [0.2, 0.25) is 0 Å². The van der Waals surface area contributed by atoms with E-state index in [1.54, 1.807) is 6.20 Å². The molecule has 1 radical (unpaired) electrons. The minimum Gasteiger partial charge on any atom is -0.434 e. The molecule has 0 fully saturated rings. The molecule has 26 heavy (non-hydrogen) atoms. The van der Waals surface area contributed by atoms with Gasteiger partial charge in [0.1, 0.15) is 0 Å². The molecule has 0 bridgehead atoms. The summed E-state index contributed by atoms with van der Waals surface area (Å²) in [6.45, 7) is 4.47. The molecule has 0 N–H and O–H groups in total. The number of benzene rings is 2. The molecule has 2 atom stereocenters. The zero-order valence-corrected chi connectivity index (χ0v) is 18.2. The van der Waals surface area contributed by atoms with Crippen LogP contribution < -0.4 is 15.6 Å². The van der Waals surface area contributed by atoms with Crippen LogP contribution in [0.5, 0.6) is 0 Å². The van der Waals surface area contributed by atoms with E-state index in [4.69, 9.17) is 0 Å². The van der Waals surface area contributed by atoms with Crippen LogP contribution in [0.4, 0.5) is 0 Å². The molecular formula is C20H20N3P2Rh-. The van der Waals surface area contributed by atoms with Gasteiger partial charge in [-0.2, -0.15) is 0 Å². The summed E-state index contributed by atoms with van der Waals surface area (Å²) < 4.78 is 0. The van der Waals surface area contributed by atoms with Gasteiger partial charge in [-0.1, -0.05) is 71.8 Å². The van der Waals surface area contributed by atoms with Gasteiger partial charge in [-0.3, -0.25) is 4.98 Å². The Morgan fingerprint density at radius 2 is 1.38 bits per heavy atom. The van der Waals surface area contributed by atoms with Crippen molar-refractivity contribution in [3.63, 3.8) is 0 Å². The Morgan fingerprint density at radius 3 is 1.96 bits per heavy atom. The molecule has 3 nitrogen and oxygen atoms in total. The van der Waals surface area contributed by atoms with E-state index in [2.05, 4.69) is 52.5 Å². The van der Waals surface area contributed by atoms with E-state index in [9.17, 15) is 0 Å². The molecule has 135 valence electrons. The molecule has 4 aromatic rings. The van der Waals surface area contributed by atoms with Gasteiger partial charge in [0.15, 0.2) is 0 Å². The van der Waals surface area contributed by atoms with Crippen molar-refractivity contribution in [1.82, 2.24) is 15.0 Å². The standard InChI is InChI=1S/C12H8N3.C8H12P2.Rh/c1-2-6-10-9(5-1)14-12(15-10)11-7-3-4-8-13-11;1-9-7-5-3-4-6-8(7)10-2;/h1-8H;3-6,9-10H,1-2H3;/q-1;;. The first-order chi connectivity index (χ1) is 12.3. The van der Waals surface area contributed by atoms with Crippen LogP contribution in [0.25, 0.3) is 22.6 Å². The molecule has 0 aliphatic heterocycles. The first-order valence-electron chi connectivity index (χ1n) is 8.07. The topological polar surface area (TPSA) is 39.9 Å². The predicted molar refractivity (Wildman–Crippen MR) is 112 cm³/mol. The molecule has 0 aliphatic rings. The second kappa shape index (κ2) is 10.6. The van der Waals surface area contributed by atoms with Crippen LogP contribution in [-0.4, -0.2) is 23.3 Å². The van der Waals surface area contributed by atoms with Crippen molar-refractivity contribution < 1.29 is 19.5 Å². The number of hydrogen-bond acceptors (Lipinski definition) is 2. The number of imidazole rings is 1. The molecule has 4 rings (SSSR count). The van der Waals surface area contributed by atoms with E-state index in [1.807, 2.05) is 42.5 Å². The van der Waals surface area contributed by atoms with Crippen LogP contribution in [0.2, 0.25) is 0 Å². The van der Waals surface area contributed by atoms with Gasteiger partial charge >= 0.3 is 0 Å². The van der Waals surface area contributed by atoms with E-state index >= 15 is 0 Å². The summed E-state index contributed by atoms with van der Waals surface area (Å²) >= 11 is 0. The largest absolute Gasteiger partial charge is 0.434 e. The van der Waals surface area contributed by atoms with E-state index in [-0.39, 0.29) is 19.5 Å². The Morgan fingerprint density at radius 1 is 0.769 bits per heavy atom. The van der Waals surface area contributed by atoms with Gasteiger partial charge in [-0.05, 0) is 52.9 Å². The van der Waals surface area contributed by atoms with E-state index < -0.39 is 0 Å². The number of para-hydroxylation sites is 2. The van der Waals surface area contributed by atoms with Crippen molar-refractivity contribution in [2.75, 3.05) is 13.3 Å². The fourth-order valence-electron chi connectivity index (χ4n) is 2.44. The maximum atomic E-state index is 4.41. The van der Waals surface area contributed by atoms with Crippen molar-refractivity contribution in [3.05, 3.63) is 72.9 Å². The van der Waals surface area contributed by atoms with E-state index in [1.165, 1.54) is 10.6 Å². The summed E-state index contributed by atoms with van der Waals surface area (Å²) in [4.78, 5) is 13.0. The second-order valence-electron chi connectivity index (χ2n) is 5.30. The average molecular weight is 467 g/mol. The second-order valence-corrected chi connectivity index (χ2v) is 7.37. The molecule has 0 saturated carbocycles. The fourth-order valence-corrected chi connectivity index (χ4v) is 4.42. The Hall–Kier alpha value is -1.46. The number of nitrogens with zero attached hydrogens (tertiary/aromatic N) is 3. The maximum Gasteiger partial charge on any atom is 0.0620 e. The SMILES string of the molecule is CPc1ccccc1PC.[Rh].c1ccc(-c2nc3ccccc3[n-]2)nc1. The number of hydrogen-bond donors (Lipinski definition) is 0. The summed E-state index contributed by atoms with van der Waals surface area (Å²) in [5, 5.41) is 3.06. The summed E-state index contributed by atoms with van der Waals surface area (Å²) in [7, 11) is 1.89. The summed E-state index contributed by atoms with van der Waals surface area (Å²) in [6, 6.07) is 22.2. The monoisotopic (exact) mass is 467 g/mol. The quantitative estimate of drug-likeness (QED) is 0.340. The normalized spacial score (nSPS) is 10.8. The van der Waals surface area contributed by atoms with Gasteiger partial charge in [-0.25, -0.2) is 0 Å². The van der Waals surface area contributed by atoms with Crippen LogP contribution in [0, 0.1) is 0 Å². The number of pyridine rings is 1. The van der Waals surface area contributed by atoms with Gasteiger partial charge < -0.3 is 9.97 Å². The molecule has 0 saturated heterocycles. The summed E-state index contributed by atoms with van der Waals surface area (Å²) in [5.41, 5.74) is 2.64. The van der Waals surface area contributed by atoms with Gasteiger partial charge in [-0.15, -0.1) is 0 Å². The van der Waals surface area contributed by atoms with Crippen LogP contribution >= 0.6 is 17.2 Å². The van der Waals surface area contributed by atoms with Crippen molar-refractivity contribution in [3.8, 4) is 11.5 Å². The molecule has 2 heterocycles. The molecular weight excluding hydrogens is 447 g/mol. The minimum absolute atomic E-state index is 0. The first-order valence-corrected chi connectivity index (χ1v) is 11.1. The number of aromatic nitrogens is 3. The molecule has 6 heteroatoms. The number of fused-ring (bicyclic) bond motifs is 1. The van der Waals surface area contributed by atoms with Gasteiger partial charge in [0, 0.05) is 25.7 Å². The van der Waals surface area contributed by atoms with Gasteiger partial charge in [0.25, 0.3) is 0 Å². The Labute approximate surface area is 170 Å². The Balaban J connectivity index is 0.000000195. The average Bonchev–Trinajstić information content (AvgIpc) is 3.13. The molecule has 2 unspecified atom stereocenters. The van der Waals surface area contributed by atoms with Crippen molar-refractivity contribution >= 4 is 38.8 Å².